The van der Waals surface area contributed by atoms with Crippen LogP contribution in [0.1, 0.15) is 5.56 Å². The smallest absolute Gasteiger partial charge is 0.274 e. The van der Waals surface area contributed by atoms with Crippen LogP contribution in [0.2, 0.25) is 0 Å². The molecule has 2 heterocycles. The molecule has 0 spiro atoms. The predicted octanol–water partition coefficient (Wildman–Crippen LogP) is 2.47. The van der Waals surface area contributed by atoms with E-state index in [-0.39, 0.29) is 5.56 Å². The number of nitrogens with two attached hydrogens (primary N) is 1. The van der Waals surface area contributed by atoms with Crippen molar-refractivity contribution in [3.05, 3.63) is 58.5 Å². The number of nitrogen functional groups attached to an aromatic ring is 1. The van der Waals surface area contributed by atoms with Crippen LogP contribution in [0.4, 0.5) is 23.0 Å². The summed E-state index contributed by atoms with van der Waals surface area (Å²) in [5, 5.41) is 11.6. The number of nitrogens with zero attached hydrogens (tertiary/aromatic N) is 5. The number of hydrogen-bond acceptors (Lipinski definition) is 7. The first-order valence-corrected chi connectivity index (χ1v) is 9.79. The van der Waals surface area contributed by atoms with Crippen molar-refractivity contribution in [3.63, 3.8) is 0 Å². The Bertz CT molecular complexity index is 1070. The average Bonchev–Trinajstić information content (AvgIpc) is 2.72. The molecule has 3 rings (SSSR count). The maximum Gasteiger partial charge on any atom is 0.274 e. The highest BCUT2D eigenvalue weighted by atomic mass is 16.1. The van der Waals surface area contributed by atoms with E-state index in [2.05, 4.69) is 20.4 Å². The van der Waals surface area contributed by atoms with Crippen LogP contribution >= 0.6 is 0 Å². The molecular formula is C22H29N7O. The van der Waals surface area contributed by atoms with Gasteiger partial charge in [-0.2, -0.15) is 0 Å². The number of anilines is 4. The zero-order chi connectivity index (χ0) is 21.8. The van der Waals surface area contributed by atoms with Crippen molar-refractivity contribution < 1.29 is 0 Å². The number of aromatic nitrogens is 3. The third-order valence-electron chi connectivity index (χ3n) is 5.06. The van der Waals surface area contributed by atoms with Gasteiger partial charge in [0.05, 0.1) is 0 Å². The van der Waals surface area contributed by atoms with E-state index in [0.29, 0.717) is 11.5 Å². The summed E-state index contributed by atoms with van der Waals surface area (Å²) in [6.07, 6.45) is 1.81. The fourth-order valence-corrected chi connectivity index (χ4v) is 3.11. The molecule has 0 saturated heterocycles. The number of likely N-dealkylation sites (N-methyl/N-ethyl adjacent to an activating group) is 2. The van der Waals surface area contributed by atoms with Crippen LogP contribution in [0.25, 0.3) is 11.1 Å². The van der Waals surface area contributed by atoms with Gasteiger partial charge in [0, 0.05) is 44.6 Å². The first kappa shape index (κ1) is 21.3. The minimum Gasteiger partial charge on any atom is -0.398 e. The zero-order valence-electron chi connectivity index (χ0n) is 18.2. The van der Waals surface area contributed by atoms with Gasteiger partial charge in [-0.05, 0) is 56.4 Å². The van der Waals surface area contributed by atoms with Gasteiger partial charge in [-0.3, -0.25) is 4.79 Å². The molecule has 0 aliphatic heterocycles. The number of nitrogens with one attached hydrogen (secondary N) is 1. The summed E-state index contributed by atoms with van der Waals surface area (Å²) in [6, 6.07) is 11.3. The SMILES string of the molecule is Cc1c(N)cccc1-c1cc(Nc2ccc(N(C)CCN(C)C)nn2)c(=O)n(C)c1. The van der Waals surface area contributed by atoms with Crippen molar-refractivity contribution in [3.8, 4) is 11.1 Å². The van der Waals surface area contributed by atoms with Crippen LogP contribution in [-0.2, 0) is 7.05 Å². The number of hydrogen-bond donors (Lipinski definition) is 2. The van der Waals surface area contributed by atoms with Gasteiger partial charge in [-0.15, -0.1) is 10.2 Å². The van der Waals surface area contributed by atoms with E-state index in [0.717, 1.165) is 41.3 Å². The molecule has 0 amide bonds. The minimum absolute atomic E-state index is 0.144. The van der Waals surface area contributed by atoms with Crippen LogP contribution in [0.3, 0.4) is 0 Å². The molecule has 3 N–H and O–H groups in total. The molecule has 158 valence electrons. The Morgan fingerprint density at radius 2 is 1.87 bits per heavy atom. The van der Waals surface area contributed by atoms with Crippen molar-refractivity contribution in [2.24, 2.45) is 7.05 Å². The molecule has 0 atom stereocenters. The fraction of sp³-hybridized carbons (Fsp3) is 0.318. The highest BCUT2D eigenvalue weighted by Gasteiger charge is 2.11. The van der Waals surface area contributed by atoms with Gasteiger partial charge in [0.1, 0.15) is 5.69 Å². The molecule has 8 nitrogen and oxygen atoms in total. The minimum atomic E-state index is -0.144. The summed E-state index contributed by atoms with van der Waals surface area (Å²) in [7, 11) is 7.78. The molecule has 0 bridgehead atoms. The first-order valence-electron chi connectivity index (χ1n) is 9.79. The van der Waals surface area contributed by atoms with Crippen LogP contribution in [-0.4, -0.2) is 53.9 Å². The van der Waals surface area contributed by atoms with E-state index in [1.54, 1.807) is 11.6 Å². The van der Waals surface area contributed by atoms with Gasteiger partial charge in [-0.25, -0.2) is 0 Å². The maximum absolute atomic E-state index is 12.6. The number of benzene rings is 1. The van der Waals surface area contributed by atoms with Crippen molar-refractivity contribution in [2.45, 2.75) is 6.92 Å². The molecule has 0 fully saturated rings. The Morgan fingerprint density at radius 3 is 2.53 bits per heavy atom. The van der Waals surface area contributed by atoms with Gasteiger partial charge >= 0.3 is 0 Å². The average molecular weight is 408 g/mol. The van der Waals surface area contributed by atoms with E-state index in [4.69, 9.17) is 5.73 Å². The Hall–Kier alpha value is -3.39. The summed E-state index contributed by atoms with van der Waals surface area (Å²) in [6.45, 7) is 3.74. The molecule has 0 saturated carbocycles. The lowest BCUT2D eigenvalue weighted by molar-refractivity contribution is 0.416. The molecule has 0 unspecified atom stereocenters. The Morgan fingerprint density at radius 1 is 1.10 bits per heavy atom. The van der Waals surface area contributed by atoms with Gasteiger partial charge in [0.15, 0.2) is 11.6 Å². The Balaban J connectivity index is 1.85. The van der Waals surface area contributed by atoms with E-state index in [9.17, 15) is 4.79 Å². The van der Waals surface area contributed by atoms with Crippen molar-refractivity contribution >= 4 is 23.0 Å². The highest BCUT2D eigenvalue weighted by Crippen LogP contribution is 2.28. The van der Waals surface area contributed by atoms with Crippen LogP contribution < -0.4 is 21.5 Å². The predicted molar refractivity (Wildman–Crippen MR) is 123 cm³/mol. The van der Waals surface area contributed by atoms with Crippen molar-refractivity contribution in [1.82, 2.24) is 19.7 Å². The second kappa shape index (κ2) is 8.96. The molecule has 0 aliphatic carbocycles. The van der Waals surface area contributed by atoms with E-state index >= 15 is 0 Å². The van der Waals surface area contributed by atoms with Gasteiger partial charge < -0.3 is 25.4 Å². The molecule has 0 radical (unpaired) electrons. The standard InChI is InChI=1S/C22H29N7O/c1-15-17(7-6-8-18(15)23)16-13-19(22(30)29(5)14-16)24-20-9-10-21(26-25-20)28(4)12-11-27(2)3/h6-10,13-14H,11-12,23H2,1-5H3,(H,24,25). The molecular weight excluding hydrogens is 378 g/mol. The van der Waals surface area contributed by atoms with Gasteiger partial charge in [0.25, 0.3) is 5.56 Å². The molecule has 8 heteroatoms. The maximum atomic E-state index is 12.6. The second-order valence-electron chi connectivity index (χ2n) is 7.70. The summed E-state index contributed by atoms with van der Waals surface area (Å²) < 4.78 is 1.55. The first-order chi connectivity index (χ1) is 14.3. The Labute approximate surface area is 177 Å². The third kappa shape index (κ3) is 4.77. The lowest BCUT2D eigenvalue weighted by atomic mass is 10.0. The Kier molecular flexibility index (Phi) is 6.37. The highest BCUT2D eigenvalue weighted by molar-refractivity contribution is 5.75. The summed E-state index contributed by atoms with van der Waals surface area (Å²) in [5.74, 6) is 1.29. The lowest BCUT2D eigenvalue weighted by Crippen LogP contribution is -2.29. The molecule has 2 aromatic heterocycles. The number of rotatable bonds is 7. The second-order valence-corrected chi connectivity index (χ2v) is 7.70. The lowest BCUT2D eigenvalue weighted by Gasteiger charge is -2.20. The van der Waals surface area contributed by atoms with E-state index < -0.39 is 0 Å². The summed E-state index contributed by atoms with van der Waals surface area (Å²) >= 11 is 0. The molecule has 0 aliphatic rings. The normalized spacial score (nSPS) is 11.0. The van der Waals surface area contributed by atoms with Gasteiger partial charge in [0.2, 0.25) is 0 Å². The van der Waals surface area contributed by atoms with Crippen LogP contribution in [0, 0.1) is 6.92 Å². The number of pyridine rings is 1. The molecule has 3 aromatic rings. The number of aryl methyl sites for hydroxylation is 1. The van der Waals surface area contributed by atoms with Crippen molar-refractivity contribution in [2.75, 3.05) is 50.2 Å². The zero-order valence-corrected chi connectivity index (χ0v) is 18.2. The largest absolute Gasteiger partial charge is 0.398 e. The summed E-state index contributed by atoms with van der Waals surface area (Å²) in [5.41, 5.74) is 9.92. The quantitative estimate of drug-likeness (QED) is 0.581. The van der Waals surface area contributed by atoms with Crippen LogP contribution in [0.15, 0.2) is 47.4 Å². The van der Waals surface area contributed by atoms with Crippen molar-refractivity contribution in [1.29, 1.82) is 0 Å². The molecule has 30 heavy (non-hydrogen) atoms. The molecule has 1 aromatic carbocycles. The monoisotopic (exact) mass is 407 g/mol. The van der Waals surface area contributed by atoms with E-state index in [1.807, 2.05) is 75.6 Å². The topological polar surface area (TPSA) is 92.3 Å². The van der Waals surface area contributed by atoms with E-state index in [1.165, 1.54) is 0 Å². The third-order valence-corrected chi connectivity index (χ3v) is 5.06. The fourth-order valence-electron chi connectivity index (χ4n) is 3.11. The van der Waals surface area contributed by atoms with Gasteiger partial charge in [-0.1, -0.05) is 12.1 Å². The van der Waals surface area contributed by atoms with Crippen LogP contribution in [0.5, 0.6) is 0 Å². The summed E-state index contributed by atoms with van der Waals surface area (Å²) in [4.78, 5) is 16.8.